The van der Waals surface area contributed by atoms with Crippen LogP contribution in [0.5, 0.6) is 0 Å². The van der Waals surface area contributed by atoms with Gasteiger partial charge in [0.25, 0.3) is 0 Å². The monoisotopic (exact) mass is 169 g/mol. The number of carboxylic acid groups (broad SMARTS) is 1. The van der Waals surface area contributed by atoms with E-state index in [4.69, 9.17) is 5.11 Å². The van der Waals surface area contributed by atoms with Gasteiger partial charge >= 0.3 is 5.97 Å². The van der Waals surface area contributed by atoms with E-state index in [0.717, 1.165) is 17.3 Å². The van der Waals surface area contributed by atoms with E-state index < -0.39 is 5.97 Å². The molecule has 1 heterocycles. The summed E-state index contributed by atoms with van der Waals surface area (Å²) >= 11 is 1.32. The van der Waals surface area contributed by atoms with Crippen molar-refractivity contribution in [3.05, 3.63) is 22.7 Å². The minimum absolute atomic E-state index is 0.868. The highest BCUT2D eigenvalue weighted by molar-refractivity contribution is 7.03. The Kier molecular flexibility index (Phi) is 2.38. The molecule has 0 saturated carbocycles. The molecular formula is C7H7NO2S. The molecule has 1 aromatic heterocycles. The number of rotatable bonds is 2. The highest BCUT2D eigenvalue weighted by Crippen LogP contribution is 2.10. The van der Waals surface area contributed by atoms with Crippen molar-refractivity contribution in [2.24, 2.45) is 0 Å². The number of carbonyl (C=O) groups is 1. The maximum atomic E-state index is 10.1. The van der Waals surface area contributed by atoms with E-state index in [1.54, 1.807) is 6.08 Å². The summed E-state index contributed by atoms with van der Waals surface area (Å²) in [6.45, 7) is 1.85. The van der Waals surface area contributed by atoms with Crippen LogP contribution in [-0.4, -0.2) is 15.4 Å². The van der Waals surface area contributed by atoms with Crippen molar-refractivity contribution in [2.45, 2.75) is 6.92 Å². The maximum absolute atomic E-state index is 10.1. The molecule has 11 heavy (non-hydrogen) atoms. The second kappa shape index (κ2) is 3.30. The molecule has 0 aliphatic heterocycles. The standard InChI is InChI=1S/C7H7NO2S/c1-5-6(4-11-8-5)2-3-7(9)10/h2-4H,1H3,(H,9,10). The summed E-state index contributed by atoms with van der Waals surface area (Å²) in [6.07, 6.45) is 2.65. The molecule has 0 fully saturated rings. The van der Waals surface area contributed by atoms with E-state index in [2.05, 4.69) is 4.37 Å². The second-order valence-corrected chi connectivity index (χ2v) is 2.66. The molecule has 0 aliphatic rings. The van der Waals surface area contributed by atoms with E-state index in [9.17, 15) is 4.79 Å². The Bertz CT molecular complexity index is 290. The van der Waals surface area contributed by atoms with Crippen LogP contribution in [0, 0.1) is 6.92 Å². The van der Waals surface area contributed by atoms with Crippen LogP contribution in [-0.2, 0) is 4.79 Å². The Hall–Kier alpha value is -1.16. The molecule has 0 aliphatic carbocycles. The third-order valence-corrected chi connectivity index (χ3v) is 1.93. The summed E-state index contributed by atoms with van der Waals surface area (Å²) in [4.78, 5) is 10.1. The smallest absolute Gasteiger partial charge is 0.328 e. The van der Waals surface area contributed by atoms with Crippen molar-refractivity contribution in [2.75, 3.05) is 0 Å². The fourth-order valence-corrected chi connectivity index (χ4v) is 1.30. The number of aryl methyl sites for hydroxylation is 1. The van der Waals surface area contributed by atoms with E-state index in [1.807, 2.05) is 12.3 Å². The van der Waals surface area contributed by atoms with Gasteiger partial charge in [0.15, 0.2) is 0 Å². The number of carboxylic acids is 1. The van der Waals surface area contributed by atoms with Crippen LogP contribution in [0.2, 0.25) is 0 Å². The minimum atomic E-state index is -0.935. The summed E-state index contributed by atoms with van der Waals surface area (Å²) in [5.74, 6) is -0.935. The molecular weight excluding hydrogens is 162 g/mol. The van der Waals surface area contributed by atoms with Gasteiger partial charge in [0, 0.05) is 17.0 Å². The van der Waals surface area contributed by atoms with Gasteiger partial charge in [-0.2, -0.15) is 4.37 Å². The Morgan fingerprint density at radius 2 is 2.55 bits per heavy atom. The van der Waals surface area contributed by atoms with Gasteiger partial charge in [-0.25, -0.2) is 4.79 Å². The Morgan fingerprint density at radius 1 is 1.82 bits per heavy atom. The van der Waals surface area contributed by atoms with Crippen molar-refractivity contribution in [3.63, 3.8) is 0 Å². The first kappa shape index (κ1) is 7.94. The lowest BCUT2D eigenvalue weighted by atomic mass is 10.2. The lowest BCUT2D eigenvalue weighted by molar-refractivity contribution is -0.131. The molecule has 0 amide bonds. The Morgan fingerprint density at radius 3 is 3.00 bits per heavy atom. The van der Waals surface area contributed by atoms with Crippen LogP contribution >= 0.6 is 11.5 Å². The number of nitrogens with zero attached hydrogens (tertiary/aromatic N) is 1. The SMILES string of the molecule is Cc1nscc1C=CC(=O)O. The van der Waals surface area contributed by atoms with Gasteiger partial charge < -0.3 is 5.11 Å². The van der Waals surface area contributed by atoms with Crippen LogP contribution in [0.3, 0.4) is 0 Å². The number of hydrogen-bond acceptors (Lipinski definition) is 3. The van der Waals surface area contributed by atoms with Gasteiger partial charge in [-0.1, -0.05) is 0 Å². The van der Waals surface area contributed by atoms with Crippen LogP contribution in [0.25, 0.3) is 6.08 Å². The highest BCUT2D eigenvalue weighted by Gasteiger charge is 1.95. The van der Waals surface area contributed by atoms with Crippen LogP contribution in [0.4, 0.5) is 0 Å². The molecule has 4 heteroatoms. The molecule has 0 atom stereocenters. The van der Waals surface area contributed by atoms with Crippen molar-refractivity contribution in [1.82, 2.24) is 4.37 Å². The van der Waals surface area contributed by atoms with Crippen molar-refractivity contribution < 1.29 is 9.90 Å². The molecule has 1 N–H and O–H groups in total. The molecule has 0 spiro atoms. The lowest BCUT2D eigenvalue weighted by Crippen LogP contribution is -1.85. The summed E-state index contributed by atoms with van der Waals surface area (Å²) in [5.41, 5.74) is 1.74. The van der Waals surface area contributed by atoms with Crippen LogP contribution in [0.1, 0.15) is 11.3 Å². The quantitative estimate of drug-likeness (QED) is 0.683. The molecule has 1 aromatic rings. The lowest BCUT2D eigenvalue weighted by Gasteiger charge is -1.84. The Labute approximate surface area is 68.2 Å². The van der Waals surface area contributed by atoms with Gasteiger partial charge in [-0.15, -0.1) is 0 Å². The third kappa shape index (κ3) is 2.16. The molecule has 58 valence electrons. The summed E-state index contributed by atoms with van der Waals surface area (Å²) in [6, 6.07) is 0. The topological polar surface area (TPSA) is 50.2 Å². The maximum Gasteiger partial charge on any atom is 0.328 e. The number of hydrogen-bond donors (Lipinski definition) is 1. The van der Waals surface area contributed by atoms with E-state index in [1.165, 1.54) is 11.5 Å². The van der Waals surface area contributed by atoms with Crippen molar-refractivity contribution >= 4 is 23.6 Å². The zero-order chi connectivity index (χ0) is 8.27. The second-order valence-electron chi connectivity index (χ2n) is 2.03. The molecule has 0 bridgehead atoms. The molecule has 0 saturated heterocycles. The van der Waals surface area contributed by atoms with Crippen LogP contribution in [0.15, 0.2) is 11.5 Å². The normalized spacial score (nSPS) is 10.6. The summed E-state index contributed by atoms with van der Waals surface area (Å²) in [7, 11) is 0. The van der Waals surface area contributed by atoms with E-state index in [0.29, 0.717) is 0 Å². The first-order valence-corrected chi connectivity index (χ1v) is 3.86. The largest absolute Gasteiger partial charge is 0.478 e. The predicted octanol–water partition coefficient (Wildman–Crippen LogP) is 1.55. The fraction of sp³-hybridized carbons (Fsp3) is 0.143. The predicted molar refractivity (Wildman–Crippen MR) is 43.5 cm³/mol. The minimum Gasteiger partial charge on any atom is -0.478 e. The first-order chi connectivity index (χ1) is 5.20. The third-order valence-electron chi connectivity index (χ3n) is 1.19. The average Bonchev–Trinajstić information content (AvgIpc) is 2.31. The van der Waals surface area contributed by atoms with Crippen LogP contribution < -0.4 is 0 Å². The zero-order valence-electron chi connectivity index (χ0n) is 5.94. The fourth-order valence-electron chi connectivity index (χ4n) is 0.621. The van der Waals surface area contributed by atoms with Gasteiger partial charge in [0.05, 0.1) is 5.69 Å². The molecule has 0 radical (unpaired) electrons. The highest BCUT2D eigenvalue weighted by atomic mass is 32.1. The van der Waals surface area contributed by atoms with Gasteiger partial charge in [-0.3, -0.25) is 0 Å². The number of aliphatic carboxylic acids is 1. The molecule has 0 unspecified atom stereocenters. The van der Waals surface area contributed by atoms with Crippen molar-refractivity contribution in [1.29, 1.82) is 0 Å². The zero-order valence-corrected chi connectivity index (χ0v) is 6.76. The van der Waals surface area contributed by atoms with Crippen molar-refractivity contribution in [3.8, 4) is 0 Å². The molecule has 1 rings (SSSR count). The summed E-state index contributed by atoms with van der Waals surface area (Å²) in [5, 5.41) is 10.1. The average molecular weight is 169 g/mol. The molecule has 3 nitrogen and oxygen atoms in total. The molecule has 0 aromatic carbocycles. The van der Waals surface area contributed by atoms with Gasteiger partial charge in [0.1, 0.15) is 0 Å². The van der Waals surface area contributed by atoms with Gasteiger partial charge in [-0.05, 0) is 24.5 Å². The summed E-state index contributed by atoms with van der Waals surface area (Å²) < 4.78 is 3.99. The first-order valence-electron chi connectivity index (χ1n) is 3.02. The van der Waals surface area contributed by atoms with E-state index >= 15 is 0 Å². The van der Waals surface area contributed by atoms with E-state index in [-0.39, 0.29) is 0 Å². The Balaban J connectivity index is 2.79. The van der Waals surface area contributed by atoms with Gasteiger partial charge in [0.2, 0.25) is 0 Å². The number of aromatic nitrogens is 1.